The SMILES string of the molecule is O=C(NC1CCCCC1)N1CCN(C(=O)C2Cc3ccccc3O2)CC1. The molecule has 1 aromatic carbocycles. The van der Waals surface area contributed by atoms with Gasteiger partial charge in [0.05, 0.1) is 0 Å². The van der Waals surface area contributed by atoms with Gasteiger partial charge in [0.2, 0.25) is 0 Å². The summed E-state index contributed by atoms with van der Waals surface area (Å²) < 4.78 is 5.81. The molecule has 3 amide bonds. The van der Waals surface area contributed by atoms with Crippen molar-refractivity contribution in [2.45, 2.75) is 50.7 Å². The number of hydrogen-bond acceptors (Lipinski definition) is 3. The minimum atomic E-state index is -0.421. The minimum Gasteiger partial charge on any atom is -0.480 e. The van der Waals surface area contributed by atoms with Gasteiger partial charge in [-0.2, -0.15) is 0 Å². The van der Waals surface area contributed by atoms with Crippen LogP contribution in [-0.4, -0.2) is 60.1 Å². The summed E-state index contributed by atoms with van der Waals surface area (Å²) in [5, 5.41) is 3.16. The van der Waals surface area contributed by atoms with E-state index in [1.54, 1.807) is 0 Å². The van der Waals surface area contributed by atoms with Crippen molar-refractivity contribution in [3.8, 4) is 5.75 Å². The topological polar surface area (TPSA) is 61.9 Å². The first-order chi connectivity index (χ1) is 12.7. The Labute approximate surface area is 154 Å². The molecule has 26 heavy (non-hydrogen) atoms. The van der Waals surface area contributed by atoms with Crippen molar-refractivity contribution in [2.24, 2.45) is 0 Å². The van der Waals surface area contributed by atoms with Crippen LogP contribution in [-0.2, 0) is 11.2 Å². The van der Waals surface area contributed by atoms with Gasteiger partial charge in [0, 0.05) is 38.6 Å². The second-order valence-electron chi connectivity index (χ2n) is 7.52. The summed E-state index contributed by atoms with van der Waals surface area (Å²) in [5.41, 5.74) is 1.09. The van der Waals surface area contributed by atoms with E-state index in [0.717, 1.165) is 24.2 Å². The van der Waals surface area contributed by atoms with Gasteiger partial charge in [0.25, 0.3) is 5.91 Å². The molecule has 1 saturated carbocycles. The van der Waals surface area contributed by atoms with Crippen molar-refractivity contribution in [2.75, 3.05) is 26.2 Å². The van der Waals surface area contributed by atoms with Crippen molar-refractivity contribution in [1.29, 1.82) is 0 Å². The molecule has 2 fully saturated rings. The Kier molecular flexibility index (Phi) is 5.00. The number of nitrogens with zero attached hydrogens (tertiary/aromatic N) is 2. The Balaban J connectivity index is 1.26. The molecular formula is C20H27N3O3. The number of para-hydroxylation sites is 1. The molecule has 4 rings (SSSR count). The molecule has 0 radical (unpaired) electrons. The largest absolute Gasteiger partial charge is 0.480 e. The third-order valence-electron chi connectivity index (χ3n) is 5.73. The molecule has 0 bridgehead atoms. The summed E-state index contributed by atoms with van der Waals surface area (Å²) in [6.45, 7) is 2.33. The van der Waals surface area contributed by atoms with Crippen molar-refractivity contribution in [3.05, 3.63) is 29.8 Å². The van der Waals surface area contributed by atoms with Gasteiger partial charge in [-0.3, -0.25) is 4.79 Å². The quantitative estimate of drug-likeness (QED) is 0.882. The minimum absolute atomic E-state index is 0.0218. The monoisotopic (exact) mass is 357 g/mol. The average Bonchev–Trinajstić information content (AvgIpc) is 3.12. The van der Waals surface area contributed by atoms with Gasteiger partial charge in [-0.25, -0.2) is 4.79 Å². The summed E-state index contributed by atoms with van der Waals surface area (Å²) in [7, 11) is 0. The fourth-order valence-electron chi connectivity index (χ4n) is 4.17. The van der Waals surface area contributed by atoms with E-state index in [-0.39, 0.29) is 11.9 Å². The maximum Gasteiger partial charge on any atom is 0.317 e. The van der Waals surface area contributed by atoms with E-state index < -0.39 is 6.10 Å². The number of ether oxygens (including phenoxy) is 1. The van der Waals surface area contributed by atoms with Crippen molar-refractivity contribution in [3.63, 3.8) is 0 Å². The smallest absolute Gasteiger partial charge is 0.317 e. The lowest BCUT2D eigenvalue weighted by molar-refractivity contribution is -0.139. The van der Waals surface area contributed by atoms with Crippen molar-refractivity contribution in [1.82, 2.24) is 15.1 Å². The van der Waals surface area contributed by atoms with E-state index >= 15 is 0 Å². The molecule has 0 spiro atoms. The zero-order valence-electron chi connectivity index (χ0n) is 15.2. The summed E-state index contributed by atoms with van der Waals surface area (Å²) in [5.74, 6) is 0.852. The fraction of sp³-hybridized carbons (Fsp3) is 0.600. The Morgan fingerprint density at radius 1 is 0.962 bits per heavy atom. The predicted octanol–water partition coefficient (Wildman–Crippen LogP) is 2.18. The standard InChI is InChI=1S/C20H27N3O3/c24-19(18-14-15-6-4-5-9-17(15)26-18)22-10-12-23(13-11-22)20(25)21-16-7-2-1-3-8-16/h4-6,9,16,18H,1-3,7-8,10-14H2,(H,21,25). The lowest BCUT2D eigenvalue weighted by Crippen LogP contribution is -2.56. The Morgan fingerprint density at radius 3 is 2.38 bits per heavy atom. The number of fused-ring (bicyclic) bond motifs is 1. The van der Waals surface area contributed by atoms with Gasteiger partial charge in [-0.1, -0.05) is 37.5 Å². The molecule has 2 aliphatic heterocycles. The number of benzene rings is 1. The number of carbonyl (C=O) groups excluding carboxylic acids is 2. The highest BCUT2D eigenvalue weighted by molar-refractivity contribution is 5.83. The normalized spacial score (nSPS) is 23.3. The molecule has 0 aromatic heterocycles. The summed E-state index contributed by atoms with van der Waals surface area (Å²) >= 11 is 0. The highest BCUT2D eigenvalue weighted by Crippen LogP contribution is 2.29. The second kappa shape index (κ2) is 7.56. The van der Waals surface area contributed by atoms with Crippen molar-refractivity contribution < 1.29 is 14.3 Å². The first-order valence-corrected chi connectivity index (χ1v) is 9.79. The predicted molar refractivity (Wildman–Crippen MR) is 98.1 cm³/mol. The van der Waals surface area contributed by atoms with Crippen LogP contribution in [0.3, 0.4) is 0 Å². The van der Waals surface area contributed by atoms with Crippen LogP contribution in [0, 0.1) is 0 Å². The van der Waals surface area contributed by atoms with Gasteiger partial charge in [0.15, 0.2) is 6.10 Å². The summed E-state index contributed by atoms with van der Waals surface area (Å²) in [6.07, 6.45) is 6.08. The molecule has 1 unspecified atom stereocenters. The van der Waals surface area contributed by atoms with E-state index in [4.69, 9.17) is 4.74 Å². The Morgan fingerprint density at radius 2 is 1.65 bits per heavy atom. The third-order valence-corrected chi connectivity index (χ3v) is 5.73. The average molecular weight is 357 g/mol. The lowest BCUT2D eigenvalue weighted by Gasteiger charge is -2.36. The molecule has 1 aliphatic carbocycles. The molecule has 1 N–H and O–H groups in total. The Hall–Kier alpha value is -2.24. The summed E-state index contributed by atoms with van der Waals surface area (Å²) in [4.78, 5) is 28.8. The van der Waals surface area contributed by atoms with E-state index in [2.05, 4.69) is 5.32 Å². The molecule has 140 valence electrons. The van der Waals surface area contributed by atoms with Crippen molar-refractivity contribution >= 4 is 11.9 Å². The van der Waals surface area contributed by atoms with E-state index in [9.17, 15) is 9.59 Å². The second-order valence-corrected chi connectivity index (χ2v) is 7.52. The fourth-order valence-corrected chi connectivity index (χ4v) is 4.17. The number of piperazine rings is 1. The van der Waals surface area contributed by atoms with Crippen LogP contribution in [0.25, 0.3) is 0 Å². The maximum atomic E-state index is 12.7. The third kappa shape index (κ3) is 3.64. The number of nitrogens with one attached hydrogen (secondary N) is 1. The lowest BCUT2D eigenvalue weighted by atomic mass is 9.96. The van der Waals surface area contributed by atoms with Crippen LogP contribution in [0.5, 0.6) is 5.75 Å². The Bertz CT molecular complexity index is 639. The number of hydrogen-bond donors (Lipinski definition) is 1. The van der Waals surface area contributed by atoms with E-state index in [1.807, 2.05) is 34.1 Å². The number of carbonyl (C=O) groups is 2. The van der Waals surface area contributed by atoms with Crippen LogP contribution >= 0.6 is 0 Å². The van der Waals surface area contributed by atoms with Crippen LogP contribution in [0.4, 0.5) is 4.79 Å². The highest BCUT2D eigenvalue weighted by atomic mass is 16.5. The van der Waals surface area contributed by atoms with Crippen LogP contribution in [0.2, 0.25) is 0 Å². The number of amides is 3. The molecule has 6 nitrogen and oxygen atoms in total. The molecule has 3 aliphatic rings. The van der Waals surface area contributed by atoms with Crippen LogP contribution < -0.4 is 10.1 Å². The first-order valence-electron chi connectivity index (χ1n) is 9.79. The van der Waals surface area contributed by atoms with E-state index in [0.29, 0.717) is 38.6 Å². The van der Waals surface area contributed by atoms with Gasteiger partial charge < -0.3 is 19.9 Å². The van der Waals surface area contributed by atoms with Gasteiger partial charge >= 0.3 is 6.03 Å². The summed E-state index contributed by atoms with van der Waals surface area (Å²) in [6, 6.07) is 8.16. The molecular weight excluding hydrogens is 330 g/mol. The number of rotatable bonds is 2. The highest BCUT2D eigenvalue weighted by Gasteiger charge is 2.34. The molecule has 1 atom stereocenters. The zero-order chi connectivity index (χ0) is 17.9. The first kappa shape index (κ1) is 17.2. The van der Waals surface area contributed by atoms with Gasteiger partial charge in [-0.05, 0) is 24.5 Å². The van der Waals surface area contributed by atoms with Crippen LogP contribution in [0.1, 0.15) is 37.7 Å². The maximum absolute atomic E-state index is 12.7. The molecule has 2 heterocycles. The zero-order valence-corrected chi connectivity index (χ0v) is 15.2. The van der Waals surface area contributed by atoms with Crippen LogP contribution in [0.15, 0.2) is 24.3 Å². The number of urea groups is 1. The molecule has 1 saturated heterocycles. The molecule has 6 heteroatoms. The molecule has 1 aromatic rings. The van der Waals surface area contributed by atoms with E-state index in [1.165, 1.54) is 19.3 Å². The van der Waals surface area contributed by atoms with Gasteiger partial charge in [0.1, 0.15) is 5.75 Å². The van der Waals surface area contributed by atoms with Gasteiger partial charge in [-0.15, -0.1) is 0 Å².